The minimum absolute atomic E-state index is 0.0161. The molecule has 0 aliphatic carbocycles. The number of hydrogen-bond donors (Lipinski definition) is 1. The van der Waals surface area contributed by atoms with Crippen molar-refractivity contribution in [2.75, 3.05) is 0 Å². The van der Waals surface area contributed by atoms with Crippen LogP contribution in [-0.4, -0.2) is 44.2 Å². The number of halogens is 2. The molecule has 1 N–H and O–H groups in total. The second-order valence-corrected chi connectivity index (χ2v) is 5.81. The van der Waals surface area contributed by atoms with Crippen molar-refractivity contribution in [3.8, 4) is 0 Å². The molecule has 2 aliphatic rings. The van der Waals surface area contributed by atoms with Crippen molar-refractivity contribution in [2.24, 2.45) is 5.92 Å². The van der Waals surface area contributed by atoms with Crippen molar-refractivity contribution >= 4 is 35.1 Å². The molecule has 2 saturated heterocycles. The summed E-state index contributed by atoms with van der Waals surface area (Å²) in [5.74, 6) is -1.67. The van der Waals surface area contributed by atoms with Crippen molar-refractivity contribution in [3.63, 3.8) is 0 Å². The normalized spacial score (nSPS) is 27.9. The van der Waals surface area contributed by atoms with E-state index in [4.69, 9.17) is 23.2 Å². The van der Waals surface area contributed by atoms with Crippen molar-refractivity contribution in [2.45, 2.75) is 31.3 Å². The minimum Gasteiger partial charge on any atom is -0.481 e. The number of carbonyl (C=O) groups is 2. The molecule has 2 aliphatic heterocycles. The van der Waals surface area contributed by atoms with E-state index in [-0.39, 0.29) is 33.9 Å². The van der Waals surface area contributed by atoms with Gasteiger partial charge >= 0.3 is 5.97 Å². The third-order valence-corrected chi connectivity index (χ3v) is 4.50. The molecular formula is C12H11Cl2N3O3. The molecule has 0 saturated carbocycles. The van der Waals surface area contributed by atoms with Crippen LogP contribution in [0.3, 0.4) is 0 Å². The van der Waals surface area contributed by atoms with Gasteiger partial charge in [0, 0.05) is 12.1 Å². The van der Waals surface area contributed by atoms with Gasteiger partial charge in [-0.3, -0.25) is 9.59 Å². The number of amides is 1. The number of carboxylic acids is 1. The van der Waals surface area contributed by atoms with Gasteiger partial charge in [-0.25, -0.2) is 0 Å². The lowest BCUT2D eigenvalue weighted by Crippen LogP contribution is -2.38. The van der Waals surface area contributed by atoms with Crippen LogP contribution >= 0.6 is 23.2 Å². The molecule has 3 unspecified atom stereocenters. The fourth-order valence-corrected chi connectivity index (χ4v) is 3.53. The maximum atomic E-state index is 12.6. The SMILES string of the molecule is O=C(O)C1CC2CCC1N2C(=O)c1cc(Cl)nnc1Cl. The van der Waals surface area contributed by atoms with Crippen molar-refractivity contribution in [1.29, 1.82) is 0 Å². The molecule has 1 aromatic rings. The van der Waals surface area contributed by atoms with Crippen LogP contribution in [0.4, 0.5) is 0 Å². The predicted molar refractivity (Wildman–Crippen MR) is 70.8 cm³/mol. The molecule has 2 bridgehead atoms. The summed E-state index contributed by atoms with van der Waals surface area (Å²) in [6.07, 6.45) is 2.02. The Labute approximate surface area is 124 Å². The zero-order chi connectivity index (χ0) is 14.4. The first-order chi connectivity index (χ1) is 9.49. The van der Waals surface area contributed by atoms with E-state index in [2.05, 4.69) is 10.2 Å². The lowest BCUT2D eigenvalue weighted by atomic mass is 9.89. The van der Waals surface area contributed by atoms with E-state index >= 15 is 0 Å². The Morgan fingerprint density at radius 3 is 2.70 bits per heavy atom. The number of hydrogen-bond acceptors (Lipinski definition) is 4. The Kier molecular flexibility index (Phi) is 3.30. The van der Waals surface area contributed by atoms with Crippen LogP contribution in [0.1, 0.15) is 29.6 Å². The van der Waals surface area contributed by atoms with E-state index in [1.54, 1.807) is 4.90 Å². The summed E-state index contributed by atoms with van der Waals surface area (Å²) in [6, 6.07) is 1.05. The van der Waals surface area contributed by atoms with Gasteiger partial charge in [-0.05, 0) is 25.3 Å². The third-order valence-electron chi connectivity index (χ3n) is 4.04. The number of nitrogens with zero attached hydrogens (tertiary/aromatic N) is 3. The van der Waals surface area contributed by atoms with Gasteiger partial charge < -0.3 is 10.0 Å². The fraction of sp³-hybridized carbons (Fsp3) is 0.500. The second kappa shape index (κ2) is 4.86. The first-order valence-electron chi connectivity index (χ1n) is 6.23. The molecule has 3 atom stereocenters. The molecular weight excluding hydrogens is 305 g/mol. The maximum Gasteiger partial charge on any atom is 0.308 e. The van der Waals surface area contributed by atoms with Crippen molar-refractivity contribution in [3.05, 3.63) is 21.9 Å². The Morgan fingerprint density at radius 1 is 1.30 bits per heavy atom. The highest BCUT2D eigenvalue weighted by atomic mass is 35.5. The number of fused-ring (bicyclic) bond motifs is 2. The maximum absolute atomic E-state index is 12.6. The van der Waals surface area contributed by atoms with Crippen LogP contribution in [-0.2, 0) is 4.79 Å². The van der Waals surface area contributed by atoms with Gasteiger partial charge in [0.25, 0.3) is 5.91 Å². The third kappa shape index (κ3) is 2.03. The summed E-state index contributed by atoms with van der Waals surface area (Å²) in [5, 5.41) is 16.4. The van der Waals surface area contributed by atoms with E-state index < -0.39 is 11.9 Å². The molecule has 1 aromatic heterocycles. The molecule has 8 heteroatoms. The van der Waals surface area contributed by atoms with E-state index in [0.29, 0.717) is 12.8 Å². The lowest BCUT2D eigenvalue weighted by molar-refractivity contribution is -0.142. The first-order valence-corrected chi connectivity index (χ1v) is 6.99. The van der Waals surface area contributed by atoms with Gasteiger partial charge in [-0.1, -0.05) is 23.2 Å². The average molecular weight is 316 g/mol. The molecule has 0 spiro atoms. The summed E-state index contributed by atoms with van der Waals surface area (Å²) in [4.78, 5) is 25.4. The fourth-order valence-electron chi connectivity index (χ4n) is 3.21. The van der Waals surface area contributed by atoms with Crippen LogP contribution in [0.25, 0.3) is 0 Å². The standard InChI is InChI=1S/C12H11Cl2N3O3/c13-9-4-7(10(14)16-15-9)11(18)17-5-1-2-8(17)6(3-5)12(19)20/h4-6,8H,1-3H2,(H,19,20). The number of aromatic nitrogens is 2. The van der Waals surface area contributed by atoms with E-state index in [0.717, 1.165) is 6.42 Å². The molecule has 106 valence electrons. The average Bonchev–Trinajstić information content (AvgIpc) is 2.98. The molecule has 0 aromatic carbocycles. The van der Waals surface area contributed by atoms with Gasteiger partial charge in [0.2, 0.25) is 0 Å². The largest absolute Gasteiger partial charge is 0.481 e. The Hall–Kier alpha value is -1.40. The highest BCUT2D eigenvalue weighted by Gasteiger charge is 2.51. The van der Waals surface area contributed by atoms with Crippen LogP contribution in [0.2, 0.25) is 10.3 Å². The summed E-state index contributed by atoms with van der Waals surface area (Å²) in [6.45, 7) is 0. The Balaban J connectivity index is 1.92. The molecule has 3 rings (SSSR count). The van der Waals surface area contributed by atoms with Gasteiger partial charge in [-0.2, -0.15) is 0 Å². The van der Waals surface area contributed by atoms with Crippen LogP contribution in [0.15, 0.2) is 6.07 Å². The summed E-state index contributed by atoms with van der Waals surface area (Å²) < 4.78 is 0. The highest BCUT2D eigenvalue weighted by Crippen LogP contribution is 2.43. The van der Waals surface area contributed by atoms with Gasteiger partial charge in [0.1, 0.15) is 0 Å². The minimum atomic E-state index is -0.855. The van der Waals surface area contributed by atoms with Crippen LogP contribution < -0.4 is 0 Å². The monoisotopic (exact) mass is 315 g/mol. The molecule has 6 nitrogen and oxygen atoms in total. The topological polar surface area (TPSA) is 83.4 Å². The van der Waals surface area contributed by atoms with E-state index in [9.17, 15) is 14.7 Å². The first kappa shape index (κ1) is 13.6. The van der Waals surface area contributed by atoms with E-state index in [1.807, 2.05) is 0 Å². The lowest BCUT2D eigenvalue weighted by Gasteiger charge is -2.23. The molecule has 20 heavy (non-hydrogen) atoms. The predicted octanol–water partition coefficient (Wildman–Crippen LogP) is 1.86. The van der Waals surface area contributed by atoms with Crippen LogP contribution in [0.5, 0.6) is 0 Å². The second-order valence-electron chi connectivity index (χ2n) is 5.06. The van der Waals surface area contributed by atoms with Gasteiger partial charge in [0.05, 0.1) is 11.5 Å². The number of rotatable bonds is 2. The zero-order valence-electron chi connectivity index (χ0n) is 10.3. The van der Waals surface area contributed by atoms with E-state index in [1.165, 1.54) is 6.07 Å². The molecule has 2 fully saturated rings. The Bertz CT molecular complexity index is 595. The quantitative estimate of drug-likeness (QED) is 0.900. The molecule has 3 heterocycles. The highest BCUT2D eigenvalue weighted by molar-refractivity contribution is 6.34. The zero-order valence-corrected chi connectivity index (χ0v) is 11.8. The summed E-state index contributed by atoms with van der Waals surface area (Å²) >= 11 is 11.6. The number of aliphatic carboxylic acids is 1. The smallest absolute Gasteiger partial charge is 0.308 e. The van der Waals surface area contributed by atoms with Crippen LogP contribution in [0, 0.1) is 5.92 Å². The van der Waals surface area contributed by atoms with Gasteiger partial charge in [0.15, 0.2) is 10.3 Å². The van der Waals surface area contributed by atoms with Crippen molar-refractivity contribution < 1.29 is 14.7 Å². The Morgan fingerprint density at radius 2 is 2.05 bits per heavy atom. The van der Waals surface area contributed by atoms with Crippen molar-refractivity contribution in [1.82, 2.24) is 15.1 Å². The number of carbonyl (C=O) groups excluding carboxylic acids is 1. The van der Waals surface area contributed by atoms with Gasteiger partial charge in [-0.15, -0.1) is 10.2 Å². The molecule has 1 amide bonds. The number of carboxylic acid groups (broad SMARTS) is 1. The summed E-state index contributed by atoms with van der Waals surface area (Å²) in [7, 11) is 0. The summed E-state index contributed by atoms with van der Waals surface area (Å²) in [5.41, 5.74) is 0.176. The molecule has 0 radical (unpaired) electrons.